The Balaban J connectivity index is 1.07. The maximum Gasteiger partial charge on any atom is 0.145 e. The fourth-order valence-corrected chi connectivity index (χ4v) is 7.68. The number of nitrogens with zero attached hydrogens (tertiary/aromatic N) is 2. The second-order valence-electron chi connectivity index (χ2n) is 11.2. The van der Waals surface area contributed by atoms with Crippen molar-refractivity contribution in [3.63, 3.8) is 0 Å². The van der Waals surface area contributed by atoms with Gasteiger partial charge in [-0.25, -0.2) is 4.98 Å². The molecule has 0 N–H and O–H groups in total. The molecule has 0 amide bonds. The van der Waals surface area contributed by atoms with E-state index in [2.05, 4.69) is 150 Å². The molecule has 0 fully saturated rings. The van der Waals surface area contributed by atoms with Gasteiger partial charge in [-0.1, -0.05) is 133 Å². The predicted octanol–water partition coefficient (Wildman–Crippen LogP) is 11.3. The molecule has 0 saturated heterocycles. The van der Waals surface area contributed by atoms with Crippen LogP contribution in [-0.2, 0) is 0 Å². The summed E-state index contributed by atoms with van der Waals surface area (Å²) in [5, 5.41) is 2.66. The van der Waals surface area contributed by atoms with Gasteiger partial charge in [-0.05, 0) is 75.2 Å². The number of fused-ring (bicyclic) bond motifs is 3. The van der Waals surface area contributed by atoms with Gasteiger partial charge in [-0.2, -0.15) is 0 Å². The predicted molar refractivity (Wildman–Crippen MR) is 184 cm³/mol. The molecule has 0 saturated carbocycles. The van der Waals surface area contributed by atoms with Crippen molar-refractivity contribution in [1.29, 1.82) is 0 Å². The van der Waals surface area contributed by atoms with Gasteiger partial charge in [-0.15, -0.1) is 0 Å². The zero-order valence-electron chi connectivity index (χ0n) is 23.8. The van der Waals surface area contributed by atoms with E-state index in [1.54, 1.807) is 0 Å². The van der Waals surface area contributed by atoms with Crippen LogP contribution >= 0.6 is 11.8 Å². The van der Waals surface area contributed by atoms with Gasteiger partial charge in [0.1, 0.15) is 5.82 Å². The Bertz CT molecular complexity index is 2330. The van der Waals surface area contributed by atoms with E-state index >= 15 is 0 Å². The van der Waals surface area contributed by atoms with Crippen molar-refractivity contribution in [2.24, 2.45) is 0 Å². The Morgan fingerprint density at radius 1 is 0.432 bits per heavy atom. The van der Waals surface area contributed by atoms with Crippen molar-refractivity contribution in [1.82, 2.24) is 9.55 Å². The van der Waals surface area contributed by atoms with Crippen molar-refractivity contribution in [2.45, 2.75) is 9.79 Å². The monoisotopic (exact) mass is 578 g/mol. The Morgan fingerprint density at radius 2 is 1.07 bits per heavy atom. The number of para-hydroxylation sites is 3. The second kappa shape index (κ2) is 10.1. The topological polar surface area (TPSA) is 17.8 Å². The van der Waals surface area contributed by atoms with Gasteiger partial charge in [0, 0.05) is 26.4 Å². The van der Waals surface area contributed by atoms with Crippen LogP contribution in [0.2, 0.25) is 0 Å². The van der Waals surface area contributed by atoms with Crippen molar-refractivity contribution in [3.8, 4) is 50.5 Å². The van der Waals surface area contributed by atoms with E-state index in [0.29, 0.717) is 0 Å². The summed E-state index contributed by atoms with van der Waals surface area (Å²) in [5.74, 6) is 0.947. The van der Waals surface area contributed by atoms with Crippen LogP contribution in [-0.4, -0.2) is 9.55 Å². The van der Waals surface area contributed by atoms with Crippen LogP contribution < -0.4 is 0 Å². The molecule has 2 heterocycles. The molecule has 1 aromatic heterocycles. The molecule has 0 radical (unpaired) electrons. The van der Waals surface area contributed by atoms with Gasteiger partial charge in [0.05, 0.1) is 11.0 Å². The first kappa shape index (κ1) is 25.1. The number of aromatic nitrogens is 2. The van der Waals surface area contributed by atoms with E-state index in [1.807, 2.05) is 23.9 Å². The number of rotatable bonds is 4. The van der Waals surface area contributed by atoms with Gasteiger partial charge < -0.3 is 0 Å². The zero-order valence-corrected chi connectivity index (χ0v) is 24.6. The Kier molecular flexibility index (Phi) is 5.78. The van der Waals surface area contributed by atoms with Crippen molar-refractivity contribution in [2.75, 3.05) is 0 Å². The van der Waals surface area contributed by atoms with E-state index in [1.165, 1.54) is 53.9 Å². The summed E-state index contributed by atoms with van der Waals surface area (Å²) < 4.78 is 2.25. The highest BCUT2D eigenvalue weighted by atomic mass is 32.2. The van der Waals surface area contributed by atoms with Gasteiger partial charge >= 0.3 is 0 Å². The van der Waals surface area contributed by atoms with Crippen LogP contribution in [0.1, 0.15) is 0 Å². The smallest absolute Gasteiger partial charge is 0.145 e. The molecule has 44 heavy (non-hydrogen) atoms. The summed E-state index contributed by atoms with van der Waals surface area (Å²) in [7, 11) is 0. The summed E-state index contributed by atoms with van der Waals surface area (Å²) in [4.78, 5) is 7.68. The lowest BCUT2D eigenvalue weighted by atomic mass is 9.91. The van der Waals surface area contributed by atoms with Crippen LogP contribution in [0.3, 0.4) is 0 Å². The lowest BCUT2D eigenvalue weighted by Gasteiger charge is -2.21. The van der Waals surface area contributed by atoms with Crippen LogP contribution in [0.15, 0.2) is 168 Å². The van der Waals surface area contributed by atoms with E-state index < -0.39 is 0 Å². The number of benzene rings is 7. The highest BCUT2D eigenvalue weighted by Crippen LogP contribution is 2.49. The first-order chi connectivity index (χ1) is 21.8. The zero-order chi connectivity index (χ0) is 29.0. The molecule has 0 unspecified atom stereocenters. The molecule has 8 aromatic rings. The lowest BCUT2D eigenvalue weighted by molar-refractivity contribution is 1.10. The van der Waals surface area contributed by atoms with E-state index in [9.17, 15) is 0 Å². The second-order valence-corrected chi connectivity index (χ2v) is 12.3. The average molecular weight is 579 g/mol. The summed E-state index contributed by atoms with van der Waals surface area (Å²) in [6, 6.07) is 56.6. The Labute approximate surface area is 260 Å². The maximum absolute atomic E-state index is 5.03. The van der Waals surface area contributed by atoms with Crippen LogP contribution in [0.4, 0.5) is 0 Å². The molecular weight excluding hydrogens is 553 g/mol. The highest BCUT2D eigenvalue weighted by molar-refractivity contribution is 7.99. The molecule has 0 spiro atoms. The first-order valence-electron chi connectivity index (χ1n) is 14.9. The van der Waals surface area contributed by atoms with Crippen molar-refractivity contribution in [3.05, 3.63) is 158 Å². The molecule has 1 aliphatic heterocycles. The normalized spacial score (nSPS) is 12.0. The van der Waals surface area contributed by atoms with Gasteiger partial charge in [-0.3, -0.25) is 4.57 Å². The van der Waals surface area contributed by atoms with Crippen molar-refractivity contribution >= 4 is 33.6 Å². The number of hydrogen-bond acceptors (Lipinski definition) is 2. The Morgan fingerprint density at radius 3 is 1.89 bits per heavy atom. The quantitative estimate of drug-likeness (QED) is 0.207. The minimum atomic E-state index is 0.947. The van der Waals surface area contributed by atoms with Gasteiger partial charge in [0.15, 0.2) is 0 Å². The minimum absolute atomic E-state index is 0.947. The van der Waals surface area contributed by atoms with Crippen LogP contribution in [0, 0.1) is 0 Å². The molecule has 0 aliphatic carbocycles. The number of imidazole rings is 1. The standard InChI is InChI=1S/C41H26N2S/c1-2-9-31(10-3-1)43-37-14-6-5-13-36(37)42-41(43)30-23-19-28(20-24-30)27-17-21-29(22-18-27)32-25-26-35-33-11-4-7-15-38(33)44-39-16-8-12-34(32)40(35)39/h1-26H. The maximum atomic E-state index is 5.03. The van der Waals surface area contributed by atoms with Crippen LogP contribution in [0.5, 0.6) is 0 Å². The van der Waals surface area contributed by atoms with Crippen molar-refractivity contribution < 1.29 is 0 Å². The number of hydrogen-bond donors (Lipinski definition) is 0. The SMILES string of the molecule is c1ccc(-n2c(-c3ccc(-c4ccc(-c5ccc6c7c(cccc57)Sc5ccccc5-6)cc4)cc3)nc3ccccc32)cc1. The third-order valence-electron chi connectivity index (χ3n) is 8.65. The minimum Gasteiger partial charge on any atom is -0.292 e. The third kappa shape index (κ3) is 4.01. The molecule has 2 nitrogen and oxygen atoms in total. The molecule has 7 aromatic carbocycles. The largest absolute Gasteiger partial charge is 0.292 e. The van der Waals surface area contributed by atoms with E-state index in [-0.39, 0.29) is 0 Å². The van der Waals surface area contributed by atoms with Crippen LogP contribution in [0.25, 0.3) is 72.3 Å². The Hall–Kier alpha value is -5.38. The van der Waals surface area contributed by atoms with E-state index in [4.69, 9.17) is 4.98 Å². The molecule has 0 bridgehead atoms. The third-order valence-corrected chi connectivity index (χ3v) is 9.78. The summed E-state index contributed by atoms with van der Waals surface area (Å²) in [6.07, 6.45) is 0. The molecule has 1 aliphatic rings. The molecule has 0 atom stereocenters. The van der Waals surface area contributed by atoms with Gasteiger partial charge in [0.25, 0.3) is 0 Å². The molecule has 3 heteroatoms. The fourth-order valence-electron chi connectivity index (χ4n) is 6.54. The summed E-state index contributed by atoms with van der Waals surface area (Å²) in [5.41, 5.74) is 11.8. The lowest BCUT2D eigenvalue weighted by Crippen LogP contribution is -1.97. The summed E-state index contributed by atoms with van der Waals surface area (Å²) >= 11 is 1.87. The highest BCUT2D eigenvalue weighted by Gasteiger charge is 2.20. The van der Waals surface area contributed by atoms with E-state index in [0.717, 1.165) is 28.1 Å². The summed E-state index contributed by atoms with van der Waals surface area (Å²) in [6.45, 7) is 0. The van der Waals surface area contributed by atoms with Gasteiger partial charge in [0.2, 0.25) is 0 Å². The molecular formula is C41H26N2S. The molecule has 9 rings (SSSR count). The first-order valence-corrected chi connectivity index (χ1v) is 15.7. The fraction of sp³-hybridized carbons (Fsp3) is 0. The average Bonchev–Trinajstić information content (AvgIpc) is 3.49. The molecule has 206 valence electrons.